The molecule has 1 aliphatic heterocycles. The van der Waals surface area contributed by atoms with Crippen LogP contribution in [0.4, 0.5) is 0 Å². The highest BCUT2D eigenvalue weighted by Gasteiger charge is 2.17. The monoisotopic (exact) mass is 390 g/mol. The van der Waals surface area contributed by atoms with Gasteiger partial charge in [0.05, 0.1) is 23.4 Å². The summed E-state index contributed by atoms with van der Waals surface area (Å²) in [4.78, 5) is 4.45. The number of benzene rings is 1. The van der Waals surface area contributed by atoms with E-state index in [2.05, 4.69) is 10.1 Å². The average Bonchev–Trinajstić information content (AvgIpc) is 3.26. The molecular formula is C21H27ClN2O3. The highest BCUT2D eigenvalue weighted by Crippen LogP contribution is 2.27. The molecule has 0 spiro atoms. The first-order valence-electron chi connectivity index (χ1n) is 9.67. The van der Waals surface area contributed by atoms with Gasteiger partial charge >= 0.3 is 0 Å². The molecule has 1 atom stereocenters. The van der Waals surface area contributed by atoms with Crippen molar-refractivity contribution in [2.45, 2.75) is 58.4 Å². The third kappa shape index (κ3) is 5.99. The van der Waals surface area contributed by atoms with Gasteiger partial charge in [0.2, 0.25) is 5.90 Å². The summed E-state index contributed by atoms with van der Waals surface area (Å²) < 4.78 is 16.6. The van der Waals surface area contributed by atoms with Gasteiger partial charge in [-0.15, -0.1) is 0 Å². The smallest absolute Gasteiger partial charge is 0.216 e. The lowest BCUT2D eigenvalue weighted by atomic mass is 10.1. The molecule has 5 nitrogen and oxygen atoms in total. The van der Waals surface area contributed by atoms with Gasteiger partial charge < -0.3 is 14.0 Å². The van der Waals surface area contributed by atoms with Crippen LogP contribution in [-0.4, -0.2) is 30.3 Å². The van der Waals surface area contributed by atoms with Crippen molar-refractivity contribution in [2.24, 2.45) is 4.99 Å². The van der Waals surface area contributed by atoms with Crippen molar-refractivity contribution in [3.63, 3.8) is 0 Å². The van der Waals surface area contributed by atoms with Crippen molar-refractivity contribution < 1.29 is 14.0 Å². The number of aryl methyl sites for hydroxylation is 2. The van der Waals surface area contributed by atoms with Crippen LogP contribution in [0.2, 0.25) is 5.02 Å². The lowest BCUT2D eigenvalue weighted by Gasteiger charge is -2.09. The number of aliphatic imine (C=N–C) groups is 1. The van der Waals surface area contributed by atoms with Crippen molar-refractivity contribution in [3.05, 3.63) is 46.3 Å². The second-order valence-electron chi connectivity index (χ2n) is 7.04. The number of halogens is 1. The number of hydrogen-bond donors (Lipinski definition) is 0. The normalized spacial score (nSPS) is 16.3. The fourth-order valence-corrected chi connectivity index (χ4v) is 3.27. The van der Waals surface area contributed by atoms with E-state index in [4.69, 9.17) is 25.6 Å². The van der Waals surface area contributed by atoms with E-state index in [1.807, 2.05) is 38.1 Å². The van der Waals surface area contributed by atoms with Gasteiger partial charge in [-0.1, -0.05) is 36.0 Å². The Labute approximate surface area is 165 Å². The Balaban J connectivity index is 1.30. The third-order valence-corrected chi connectivity index (χ3v) is 4.77. The van der Waals surface area contributed by atoms with Crippen molar-refractivity contribution in [3.8, 4) is 5.75 Å². The molecule has 0 unspecified atom stereocenters. The quantitative estimate of drug-likeness (QED) is 0.511. The standard InChI is InChI=1S/C21H27ClN2O3/c1-15-12-18(27-24-15)8-6-4-3-5-7-11-25-20-10-9-17(13-19(20)22)21-23-16(2)14-26-21/h9-10,12-13,16H,3-8,11,14H2,1-2H3/t16-/m0/s1. The Morgan fingerprint density at radius 1 is 1.15 bits per heavy atom. The molecular weight excluding hydrogens is 364 g/mol. The maximum Gasteiger partial charge on any atom is 0.216 e. The van der Waals surface area contributed by atoms with Gasteiger partial charge in [0.1, 0.15) is 18.1 Å². The number of aromatic nitrogens is 1. The molecule has 0 saturated carbocycles. The molecule has 146 valence electrons. The van der Waals surface area contributed by atoms with E-state index in [0.717, 1.165) is 42.7 Å². The molecule has 0 aliphatic carbocycles. The van der Waals surface area contributed by atoms with Gasteiger partial charge in [0, 0.05) is 18.1 Å². The van der Waals surface area contributed by atoms with Gasteiger partial charge in [-0.25, -0.2) is 4.99 Å². The van der Waals surface area contributed by atoms with Crippen LogP contribution >= 0.6 is 11.6 Å². The summed E-state index contributed by atoms with van der Waals surface area (Å²) in [5, 5.41) is 4.50. The second kappa shape index (κ2) is 9.79. The van der Waals surface area contributed by atoms with Crippen LogP contribution in [0.25, 0.3) is 0 Å². The summed E-state index contributed by atoms with van der Waals surface area (Å²) in [5.74, 6) is 2.36. The van der Waals surface area contributed by atoms with Crippen LogP contribution in [0.5, 0.6) is 5.75 Å². The number of ether oxygens (including phenoxy) is 2. The topological polar surface area (TPSA) is 56.9 Å². The molecule has 0 saturated heterocycles. The summed E-state index contributed by atoms with van der Waals surface area (Å²) in [6.45, 7) is 5.28. The third-order valence-electron chi connectivity index (χ3n) is 4.48. The fraction of sp³-hybridized carbons (Fsp3) is 0.524. The van der Waals surface area contributed by atoms with Gasteiger partial charge in [0.15, 0.2) is 0 Å². The molecule has 27 heavy (non-hydrogen) atoms. The zero-order chi connectivity index (χ0) is 19.1. The summed E-state index contributed by atoms with van der Waals surface area (Å²) in [6, 6.07) is 7.91. The lowest BCUT2D eigenvalue weighted by Crippen LogP contribution is -2.03. The maximum absolute atomic E-state index is 6.34. The van der Waals surface area contributed by atoms with E-state index in [9.17, 15) is 0 Å². The summed E-state index contributed by atoms with van der Waals surface area (Å²) >= 11 is 6.34. The maximum atomic E-state index is 6.34. The van der Waals surface area contributed by atoms with Gasteiger partial charge in [0.25, 0.3) is 0 Å². The molecule has 0 bridgehead atoms. The van der Waals surface area contributed by atoms with Gasteiger partial charge in [-0.05, 0) is 44.9 Å². The van der Waals surface area contributed by atoms with Gasteiger partial charge in [-0.2, -0.15) is 0 Å². The minimum absolute atomic E-state index is 0.203. The number of unbranched alkanes of at least 4 members (excludes halogenated alkanes) is 4. The molecule has 0 fully saturated rings. The van der Waals surface area contributed by atoms with Crippen LogP contribution in [0, 0.1) is 6.92 Å². The first-order valence-corrected chi connectivity index (χ1v) is 10.0. The largest absolute Gasteiger partial charge is 0.492 e. The number of rotatable bonds is 10. The van der Waals surface area contributed by atoms with Crippen LogP contribution in [0.1, 0.15) is 56.0 Å². The Hall–Kier alpha value is -2.01. The molecule has 3 rings (SSSR count). The van der Waals surface area contributed by atoms with E-state index in [-0.39, 0.29) is 6.04 Å². The minimum atomic E-state index is 0.203. The molecule has 0 radical (unpaired) electrons. The Bertz CT molecular complexity index is 773. The van der Waals surface area contributed by atoms with Crippen LogP contribution in [-0.2, 0) is 11.2 Å². The predicted octanol–water partition coefficient (Wildman–Crippen LogP) is 5.37. The van der Waals surface area contributed by atoms with Crippen LogP contribution < -0.4 is 4.74 Å². The zero-order valence-electron chi connectivity index (χ0n) is 16.0. The highest BCUT2D eigenvalue weighted by atomic mass is 35.5. The fourth-order valence-electron chi connectivity index (χ4n) is 3.03. The van der Waals surface area contributed by atoms with E-state index < -0.39 is 0 Å². The first-order chi connectivity index (χ1) is 13.1. The zero-order valence-corrected chi connectivity index (χ0v) is 16.8. The van der Waals surface area contributed by atoms with E-state index >= 15 is 0 Å². The van der Waals surface area contributed by atoms with Crippen molar-refractivity contribution >= 4 is 17.5 Å². The Kier molecular flexibility index (Phi) is 7.16. The Morgan fingerprint density at radius 3 is 2.67 bits per heavy atom. The van der Waals surface area contributed by atoms with E-state index in [0.29, 0.717) is 29.9 Å². The first kappa shape index (κ1) is 19.7. The molecule has 2 heterocycles. The molecule has 2 aromatic rings. The summed E-state index contributed by atoms with van der Waals surface area (Å²) in [5.41, 5.74) is 1.85. The van der Waals surface area contributed by atoms with Crippen molar-refractivity contribution in [1.82, 2.24) is 5.16 Å². The van der Waals surface area contributed by atoms with Crippen molar-refractivity contribution in [2.75, 3.05) is 13.2 Å². The molecule has 0 N–H and O–H groups in total. The number of hydrogen-bond acceptors (Lipinski definition) is 5. The molecule has 1 aromatic carbocycles. The second-order valence-corrected chi connectivity index (χ2v) is 7.45. The molecule has 1 aliphatic rings. The Morgan fingerprint density at radius 2 is 1.96 bits per heavy atom. The average molecular weight is 391 g/mol. The molecule has 6 heteroatoms. The van der Waals surface area contributed by atoms with Crippen LogP contribution in [0.15, 0.2) is 33.8 Å². The minimum Gasteiger partial charge on any atom is -0.492 e. The van der Waals surface area contributed by atoms with E-state index in [1.165, 1.54) is 12.8 Å². The molecule has 0 amide bonds. The SMILES string of the molecule is Cc1cc(CCCCCCCOc2ccc(C3=N[C@@H](C)CO3)cc2Cl)on1. The lowest BCUT2D eigenvalue weighted by molar-refractivity contribution is 0.304. The summed E-state index contributed by atoms with van der Waals surface area (Å²) in [6.07, 6.45) is 6.65. The van der Waals surface area contributed by atoms with Crippen LogP contribution in [0.3, 0.4) is 0 Å². The highest BCUT2D eigenvalue weighted by molar-refractivity contribution is 6.32. The summed E-state index contributed by atoms with van der Waals surface area (Å²) in [7, 11) is 0. The van der Waals surface area contributed by atoms with Crippen molar-refractivity contribution in [1.29, 1.82) is 0 Å². The molecule has 1 aromatic heterocycles. The van der Waals surface area contributed by atoms with E-state index in [1.54, 1.807) is 0 Å². The predicted molar refractivity (Wildman–Crippen MR) is 107 cm³/mol. The van der Waals surface area contributed by atoms with Gasteiger partial charge in [-0.3, -0.25) is 0 Å². The number of nitrogens with zero attached hydrogens (tertiary/aromatic N) is 2.